The largest absolute Gasteiger partial charge is 0.398 e. The number of anilines is 1. The third-order valence-corrected chi connectivity index (χ3v) is 2.86. The Morgan fingerprint density at radius 3 is 2.68 bits per heavy atom. The van der Waals surface area contributed by atoms with Gasteiger partial charge in [-0.3, -0.25) is 9.78 Å². The lowest BCUT2D eigenvalue weighted by Crippen LogP contribution is -2.25. The molecule has 9 nitrogen and oxygen atoms in total. The Labute approximate surface area is 123 Å². The van der Waals surface area contributed by atoms with Crippen molar-refractivity contribution in [3.63, 3.8) is 0 Å². The number of nitrogens with two attached hydrogens (primary N) is 2. The molecule has 1 aromatic heterocycles. The van der Waals surface area contributed by atoms with E-state index in [-0.39, 0.29) is 11.5 Å². The number of carbonyl (C=O) groups excluding carboxylic acids is 1. The van der Waals surface area contributed by atoms with Crippen LogP contribution in [0.3, 0.4) is 0 Å². The van der Waals surface area contributed by atoms with Gasteiger partial charge in [-0.15, -0.1) is 0 Å². The van der Waals surface area contributed by atoms with Crippen LogP contribution >= 0.6 is 0 Å². The van der Waals surface area contributed by atoms with Crippen LogP contribution in [0, 0.1) is 6.92 Å². The highest BCUT2D eigenvalue weighted by atomic mass is 16.7. The molecule has 0 atom stereocenters. The number of rotatable bonds is 3. The third-order valence-electron chi connectivity index (χ3n) is 2.86. The molecule has 114 valence electrons. The van der Waals surface area contributed by atoms with Crippen molar-refractivity contribution in [2.75, 3.05) is 5.73 Å². The first-order chi connectivity index (χ1) is 10.4. The first-order valence-corrected chi connectivity index (χ1v) is 6.12. The van der Waals surface area contributed by atoms with E-state index < -0.39 is 17.2 Å². The number of aromatic amines is 2. The van der Waals surface area contributed by atoms with Crippen molar-refractivity contribution in [1.29, 1.82) is 0 Å². The van der Waals surface area contributed by atoms with Gasteiger partial charge in [-0.1, -0.05) is 17.3 Å². The standard InChI is InChI=1S/C13H13N5O4/c1-6-7(3-2-4-8(6)14)11(15)18-22-12(20)9-5-10(19)17-13(21)16-9/h2-5H,14H2,1H3,(H2,15,18)(H2,16,17,19,21). The van der Waals surface area contributed by atoms with E-state index in [1.807, 2.05) is 4.98 Å². The Hall–Kier alpha value is -3.36. The van der Waals surface area contributed by atoms with Crippen molar-refractivity contribution in [3.8, 4) is 0 Å². The zero-order valence-corrected chi connectivity index (χ0v) is 11.5. The fourth-order valence-electron chi connectivity index (χ4n) is 1.70. The number of benzene rings is 1. The van der Waals surface area contributed by atoms with Gasteiger partial charge in [-0.05, 0) is 18.6 Å². The molecule has 22 heavy (non-hydrogen) atoms. The third kappa shape index (κ3) is 3.20. The van der Waals surface area contributed by atoms with Crippen molar-refractivity contribution < 1.29 is 9.63 Å². The molecule has 9 heteroatoms. The summed E-state index contributed by atoms with van der Waals surface area (Å²) in [5, 5.41) is 3.49. The molecule has 0 aliphatic carbocycles. The number of H-pyrrole nitrogens is 2. The Bertz CT molecular complexity index is 837. The number of hydrogen-bond donors (Lipinski definition) is 4. The van der Waals surface area contributed by atoms with Crippen LogP contribution in [0.4, 0.5) is 5.69 Å². The summed E-state index contributed by atoms with van der Waals surface area (Å²) in [4.78, 5) is 42.5. The molecule has 0 unspecified atom stereocenters. The zero-order chi connectivity index (χ0) is 16.3. The van der Waals surface area contributed by atoms with Crippen LogP contribution in [0.25, 0.3) is 0 Å². The molecule has 0 saturated heterocycles. The van der Waals surface area contributed by atoms with Gasteiger partial charge >= 0.3 is 11.7 Å². The van der Waals surface area contributed by atoms with E-state index in [9.17, 15) is 14.4 Å². The molecule has 2 aromatic rings. The topological polar surface area (TPSA) is 156 Å². The Morgan fingerprint density at radius 1 is 1.27 bits per heavy atom. The fraction of sp³-hybridized carbons (Fsp3) is 0.0769. The number of nitrogens with zero attached hydrogens (tertiary/aromatic N) is 1. The maximum atomic E-state index is 11.7. The van der Waals surface area contributed by atoms with Gasteiger partial charge in [0.15, 0.2) is 5.84 Å². The summed E-state index contributed by atoms with van der Waals surface area (Å²) in [5.74, 6) is -1.09. The van der Waals surface area contributed by atoms with Crippen molar-refractivity contribution in [1.82, 2.24) is 9.97 Å². The minimum atomic E-state index is -1.02. The van der Waals surface area contributed by atoms with Gasteiger partial charge < -0.3 is 21.3 Å². The molecule has 0 fully saturated rings. The number of oxime groups is 1. The number of nitrogens with one attached hydrogen (secondary N) is 2. The van der Waals surface area contributed by atoms with Gasteiger partial charge in [0.2, 0.25) is 0 Å². The first-order valence-electron chi connectivity index (χ1n) is 6.12. The minimum absolute atomic E-state index is 0.0645. The maximum Gasteiger partial charge on any atom is 0.382 e. The predicted molar refractivity (Wildman–Crippen MR) is 79.4 cm³/mol. The highest BCUT2D eigenvalue weighted by molar-refractivity contribution is 6.00. The van der Waals surface area contributed by atoms with Gasteiger partial charge in [0.25, 0.3) is 5.56 Å². The summed E-state index contributed by atoms with van der Waals surface area (Å²) < 4.78 is 0. The molecule has 1 aromatic carbocycles. The summed E-state index contributed by atoms with van der Waals surface area (Å²) in [6, 6.07) is 5.91. The van der Waals surface area contributed by atoms with Crippen molar-refractivity contribution in [3.05, 3.63) is 61.9 Å². The normalized spacial score (nSPS) is 11.2. The second kappa shape index (κ2) is 5.95. The van der Waals surface area contributed by atoms with E-state index in [0.29, 0.717) is 16.8 Å². The van der Waals surface area contributed by atoms with Crippen LogP contribution < -0.4 is 22.7 Å². The van der Waals surface area contributed by atoms with Crippen molar-refractivity contribution in [2.45, 2.75) is 6.92 Å². The van der Waals surface area contributed by atoms with E-state index in [0.717, 1.165) is 6.07 Å². The molecule has 2 rings (SSSR count). The molecule has 0 bridgehead atoms. The first kappa shape index (κ1) is 15.0. The van der Waals surface area contributed by atoms with Crippen LogP contribution in [0.15, 0.2) is 39.0 Å². The van der Waals surface area contributed by atoms with E-state index >= 15 is 0 Å². The summed E-state index contributed by atoms with van der Waals surface area (Å²) in [7, 11) is 0. The van der Waals surface area contributed by atoms with E-state index in [4.69, 9.17) is 11.5 Å². The quantitative estimate of drug-likeness (QED) is 0.195. The Balaban J connectivity index is 2.23. The SMILES string of the molecule is Cc1c(N)cccc1/C(N)=N/OC(=O)c1cc(=O)[nH]c(=O)[nH]1. The molecule has 0 radical (unpaired) electrons. The monoisotopic (exact) mass is 303 g/mol. The Kier molecular flexibility index (Phi) is 4.07. The van der Waals surface area contributed by atoms with Gasteiger partial charge in [-0.25, -0.2) is 9.59 Å². The number of nitrogen functional groups attached to an aromatic ring is 1. The summed E-state index contributed by atoms with van der Waals surface area (Å²) in [6.45, 7) is 1.74. The van der Waals surface area contributed by atoms with E-state index in [2.05, 4.69) is 15.0 Å². The van der Waals surface area contributed by atoms with Crippen LogP contribution in [0.2, 0.25) is 0 Å². The van der Waals surface area contributed by atoms with Crippen LogP contribution in [0.1, 0.15) is 21.6 Å². The van der Waals surface area contributed by atoms with Crippen molar-refractivity contribution >= 4 is 17.5 Å². The highest BCUT2D eigenvalue weighted by Gasteiger charge is 2.11. The summed E-state index contributed by atoms with van der Waals surface area (Å²) in [5.41, 5.74) is 11.3. The van der Waals surface area contributed by atoms with Crippen LogP contribution in [-0.2, 0) is 4.84 Å². The zero-order valence-electron chi connectivity index (χ0n) is 11.5. The van der Waals surface area contributed by atoms with E-state index in [1.165, 1.54) is 0 Å². The Morgan fingerprint density at radius 2 is 2.00 bits per heavy atom. The lowest BCUT2D eigenvalue weighted by Gasteiger charge is -2.06. The van der Waals surface area contributed by atoms with Gasteiger partial charge in [0.05, 0.1) is 0 Å². The van der Waals surface area contributed by atoms with Gasteiger partial charge in [-0.2, -0.15) is 0 Å². The van der Waals surface area contributed by atoms with Gasteiger partial charge in [0.1, 0.15) is 5.69 Å². The number of amidine groups is 1. The minimum Gasteiger partial charge on any atom is -0.398 e. The van der Waals surface area contributed by atoms with Crippen LogP contribution in [-0.4, -0.2) is 21.8 Å². The maximum absolute atomic E-state index is 11.7. The second-order valence-electron chi connectivity index (χ2n) is 4.38. The predicted octanol–water partition coefficient (Wildman–Crippen LogP) is -0.569. The number of carbonyl (C=O) groups is 1. The molecule has 0 saturated carbocycles. The average Bonchev–Trinajstić information content (AvgIpc) is 2.46. The molecule has 0 aliphatic heterocycles. The molecule has 0 amide bonds. The second-order valence-corrected chi connectivity index (χ2v) is 4.38. The lowest BCUT2D eigenvalue weighted by atomic mass is 10.1. The van der Waals surface area contributed by atoms with Crippen molar-refractivity contribution in [2.24, 2.45) is 10.9 Å². The smallest absolute Gasteiger partial charge is 0.382 e. The van der Waals surface area contributed by atoms with E-state index in [1.54, 1.807) is 25.1 Å². The number of hydrogen-bond acceptors (Lipinski definition) is 6. The lowest BCUT2D eigenvalue weighted by molar-refractivity contribution is 0.0508. The summed E-state index contributed by atoms with van der Waals surface area (Å²) >= 11 is 0. The molecule has 0 aliphatic rings. The number of aromatic nitrogens is 2. The fourth-order valence-corrected chi connectivity index (χ4v) is 1.70. The molecule has 6 N–H and O–H groups in total. The molecular formula is C13H13N5O4. The highest BCUT2D eigenvalue weighted by Crippen LogP contribution is 2.15. The molecule has 1 heterocycles. The van der Waals surface area contributed by atoms with Gasteiger partial charge in [0, 0.05) is 17.3 Å². The van der Waals surface area contributed by atoms with Crippen LogP contribution in [0.5, 0.6) is 0 Å². The molecule has 0 spiro atoms. The molecular weight excluding hydrogens is 290 g/mol. The average molecular weight is 303 g/mol. The summed E-state index contributed by atoms with van der Waals surface area (Å²) in [6.07, 6.45) is 0.